The van der Waals surface area contributed by atoms with Crippen LogP contribution in [0.25, 0.3) is 11.4 Å². The largest absolute Gasteiger partial charge is 0.375 e. The average molecular weight is 334 g/mol. The first-order valence-electron chi connectivity index (χ1n) is 7.65. The molecule has 1 aliphatic rings. The van der Waals surface area contributed by atoms with Gasteiger partial charge in [-0.3, -0.25) is 9.69 Å². The maximum Gasteiger partial charge on any atom is 0.246 e. The average Bonchev–Trinajstić information content (AvgIpc) is 3.15. The van der Waals surface area contributed by atoms with Gasteiger partial charge < -0.3 is 14.6 Å². The van der Waals surface area contributed by atoms with Gasteiger partial charge in [0.1, 0.15) is 12.4 Å². The van der Waals surface area contributed by atoms with E-state index in [9.17, 15) is 9.18 Å². The molecule has 1 saturated heterocycles. The Bertz CT molecular complexity index is 704. The first-order chi connectivity index (χ1) is 11.6. The summed E-state index contributed by atoms with van der Waals surface area (Å²) in [5, 5.41) is 6.89. The Balaban J connectivity index is 1.68. The maximum atomic E-state index is 13.0. The van der Waals surface area contributed by atoms with E-state index in [1.54, 1.807) is 12.1 Å². The van der Waals surface area contributed by atoms with E-state index in [0.29, 0.717) is 30.2 Å². The van der Waals surface area contributed by atoms with Crippen molar-refractivity contribution in [3.8, 4) is 11.4 Å². The Morgan fingerprint density at radius 1 is 1.46 bits per heavy atom. The molecule has 2 heterocycles. The minimum Gasteiger partial charge on any atom is -0.375 e. The van der Waals surface area contributed by atoms with Crippen LogP contribution in [-0.2, 0) is 9.53 Å². The predicted octanol–water partition coefficient (Wildman–Crippen LogP) is 1.38. The third kappa shape index (κ3) is 3.60. The lowest BCUT2D eigenvalue weighted by atomic mass is 10.1. The van der Waals surface area contributed by atoms with Crippen molar-refractivity contribution >= 4 is 5.91 Å². The van der Waals surface area contributed by atoms with Crippen LogP contribution in [0.1, 0.15) is 18.4 Å². The van der Waals surface area contributed by atoms with Gasteiger partial charge in [0.15, 0.2) is 0 Å². The molecule has 128 valence electrons. The molecule has 3 rings (SSSR count). The zero-order valence-corrected chi connectivity index (χ0v) is 13.5. The number of aromatic nitrogens is 2. The van der Waals surface area contributed by atoms with Gasteiger partial charge in [0, 0.05) is 25.3 Å². The maximum absolute atomic E-state index is 13.0. The van der Waals surface area contributed by atoms with Gasteiger partial charge in [-0.1, -0.05) is 5.16 Å². The van der Waals surface area contributed by atoms with Crippen molar-refractivity contribution in [1.29, 1.82) is 0 Å². The van der Waals surface area contributed by atoms with Crippen molar-refractivity contribution in [3.63, 3.8) is 0 Å². The second-order valence-corrected chi connectivity index (χ2v) is 5.85. The Morgan fingerprint density at radius 3 is 2.92 bits per heavy atom. The minimum absolute atomic E-state index is 0.00354. The molecule has 0 saturated carbocycles. The fourth-order valence-corrected chi connectivity index (χ4v) is 2.88. The van der Waals surface area contributed by atoms with Gasteiger partial charge in [0.2, 0.25) is 17.6 Å². The van der Waals surface area contributed by atoms with E-state index in [0.717, 1.165) is 0 Å². The van der Waals surface area contributed by atoms with Crippen LogP contribution in [0.15, 0.2) is 28.8 Å². The number of likely N-dealkylation sites (N-methyl/N-ethyl adjacent to an activating group) is 1. The molecule has 24 heavy (non-hydrogen) atoms. The number of ether oxygens (including phenoxy) is 1. The number of hydrogen-bond donors (Lipinski definition) is 1. The highest BCUT2D eigenvalue weighted by Gasteiger charge is 2.35. The smallest absolute Gasteiger partial charge is 0.246 e. The van der Waals surface area contributed by atoms with Gasteiger partial charge in [-0.05, 0) is 37.7 Å². The zero-order valence-electron chi connectivity index (χ0n) is 13.5. The number of amides is 1. The van der Waals surface area contributed by atoms with Gasteiger partial charge >= 0.3 is 0 Å². The molecular weight excluding hydrogens is 315 g/mol. The van der Waals surface area contributed by atoms with Crippen molar-refractivity contribution < 1.29 is 18.4 Å². The molecule has 1 aliphatic heterocycles. The Hall–Kier alpha value is -2.32. The summed E-state index contributed by atoms with van der Waals surface area (Å²) in [5.41, 5.74) is 0.692. The zero-order chi connectivity index (χ0) is 17.1. The highest BCUT2D eigenvalue weighted by molar-refractivity contribution is 5.77. The van der Waals surface area contributed by atoms with Crippen molar-refractivity contribution in [2.24, 2.45) is 0 Å². The molecule has 2 aromatic rings. The van der Waals surface area contributed by atoms with Crippen LogP contribution >= 0.6 is 0 Å². The van der Waals surface area contributed by atoms with E-state index in [4.69, 9.17) is 9.26 Å². The minimum atomic E-state index is -0.312. The second kappa shape index (κ2) is 7.06. The standard InChI is InChI=1S/C16H19FN4O3/c1-21-8-12(18-14(22)9-23-2)7-13(21)16-19-15(20-24-16)10-3-5-11(17)6-4-10/h3-6,12-13H,7-9H2,1-2H3,(H,18,22). The molecule has 1 aromatic carbocycles. The first-order valence-corrected chi connectivity index (χ1v) is 7.65. The number of carbonyl (C=O) groups excluding carboxylic acids is 1. The topological polar surface area (TPSA) is 80.5 Å². The van der Waals surface area contributed by atoms with Crippen molar-refractivity contribution in [1.82, 2.24) is 20.4 Å². The van der Waals surface area contributed by atoms with Crippen molar-refractivity contribution in [2.45, 2.75) is 18.5 Å². The number of nitrogens with one attached hydrogen (secondary N) is 1. The molecule has 2 atom stereocenters. The van der Waals surface area contributed by atoms with Crippen LogP contribution < -0.4 is 5.32 Å². The summed E-state index contributed by atoms with van der Waals surface area (Å²) in [6.07, 6.45) is 0.678. The molecule has 8 heteroatoms. The van der Waals surface area contributed by atoms with E-state index in [-0.39, 0.29) is 30.4 Å². The highest BCUT2D eigenvalue weighted by Crippen LogP contribution is 2.30. The first kappa shape index (κ1) is 16.5. The Kier molecular flexibility index (Phi) is 4.86. The monoisotopic (exact) mass is 334 g/mol. The van der Waals surface area contributed by atoms with Crippen LogP contribution in [0.5, 0.6) is 0 Å². The van der Waals surface area contributed by atoms with Gasteiger partial charge in [-0.25, -0.2) is 4.39 Å². The number of halogens is 1. The predicted molar refractivity (Wildman–Crippen MR) is 83.5 cm³/mol. The lowest BCUT2D eigenvalue weighted by molar-refractivity contribution is -0.125. The van der Waals surface area contributed by atoms with Crippen LogP contribution in [-0.4, -0.2) is 54.3 Å². The van der Waals surface area contributed by atoms with E-state index in [2.05, 4.69) is 20.4 Å². The molecule has 0 bridgehead atoms. The van der Waals surface area contributed by atoms with E-state index in [1.807, 2.05) is 7.05 Å². The lowest BCUT2D eigenvalue weighted by Crippen LogP contribution is -2.38. The molecule has 2 unspecified atom stereocenters. The Labute approximate surface area is 138 Å². The Morgan fingerprint density at radius 2 is 2.21 bits per heavy atom. The summed E-state index contributed by atoms with van der Waals surface area (Å²) < 4.78 is 23.2. The molecule has 1 N–H and O–H groups in total. The summed E-state index contributed by atoms with van der Waals surface area (Å²) in [4.78, 5) is 18.1. The van der Waals surface area contributed by atoms with E-state index in [1.165, 1.54) is 19.2 Å². The summed E-state index contributed by atoms with van der Waals surface area (Å²) in [5.74, 6) is 0.451. The number of benzene rings is 1. The van der Waals surface area contributed by atoms with Crippen LogP contribution in [0, 0.1) is 5.82 Å². The van der Waals surface area contributed by atoms with Gasteiger partial charge in [0.05, 0.1) is 6.04 Å². The molecule has 0 spiro atoms. The van der Waals surface area contributed by atoms with Gasteiger partial charge in [-0.2, -0.15) is 4.98 Å². The summed E-state index contributed by atoms with van der Waals surface area (Å²) in [6.45, 7) is 0.731. The summed E-state index contributed by atoms with van der Waals surface area (Å²) in [6, 6.07) is 5.86. The van der Waals surface area contributed by atoms with Crippen LogP contribution in [0.3, 0.4) is 0 Å². The van der Waals surface area contributed by atoms with E-state index < -0.39 is 0 Å². The summed E-state index contributed by atoms with van der Waals surface area (Å²) >= 11 is 0. The van der Waals surface area contributed by atoms with Gasteiger partial charge in [-0.15, -0.1) is 0 Å². The summed E-state index contributed by atoms with van der Waals surface area (Å²) in [7, 11) is 3.42. The number of methoxy groups -OCH3 is 1. The third-order valence-electron chi connectivity index (χ3n) is 4.02. The normalized spacial score (nSPS) is 21.1. The molecule has 1 amide bonds. The molecule has 1 aromatic heterocycles. The SMILES string of the molecule is COCC(=O)NC1CC(c2nc(-c3ccc(F)cc3)no2)N(C)C1. The van der Waals surface area contributed by atoms with Crippen LogP contribution in [0.2, 0.25) is 0 Å². The number of rotatable bonds is 5. The fraction of sp³-hybridized carbons (Fsp3) is 0.438. The molecule has 0 aliphatic carbocycles. The molecule has 0 radical (unpaired) electrons. The van der Waals surface area contributed by atoms with Crippen LogP contribution in [0.4, 0.5) is 4.39 Å². The number of carbonyl (C=O) groups is 1. The second-order valence-electron chi connectivity index (χ2n) is 5.85. The number of likely N-dealkylation sites (tertiary alicyclic amines) is 1. The molecular formula is C16H19FN4O3. The fourth-order valence-electron chi connectivity index (χ4n) is 2.88. The van der Waals surface area contributed by atoms with Crippen molar-refractivity contribution in [2.75, 3.05) is 27.3 Å². The number of nitrogens with zero attached hydrogens (tertiary/aromatic N) is 3. The van der Waals surface area contributed by atoms with E-state index >= 15 is 0 Å². The van der Waals surface area contributed by atoms with Crippen molar-refractivity contribution in [3.05, 3.63) is 36.0 Å². The van der Waals surface area contributed by atoms with Gasteiger partial charge in [0.25, 0.3) is 0 Å². The quantitative estimate of drug-likeness (QED) is 0.890. The molecule has 1 fully saturated rings. The highest BCUT2D eigenvalue weighted by atomic mass is 19.1. The third-order valence-corrected chi connectivity index (χ3v) is 4.02. The molecule has 7 nitrogen and oxygen atoms in total. The number of hydrogen-bond acceptors (Lipinski definition) is 6. The lowest BCUT2D eigenvalue weighted by Gasteiger charge is -2.14.